The van der Waals surface area contributed by atoms with E-state index in [0.717, 1.165) is 16.7 Å². The Morgan fingerprint density at radius 2 is 1.82 bits per heavy atom. The van der Waals surface area contributed by atoms with Crippen molar-refractivity contribution >= 4 is 11.8 Å². The lowest BCUT2D eigenvalue weighted by Gasteiger charge is -2.43. The van der Waals surface area contributed by atoms with Crippen molar-refractivity contribution in [3.05, 3.63) is 114 Å². The SMILES string of the molecule is C=CCOC(=O)Nc1cccc([C@H]2O[C@@H](CN(C)[C@@H](C)c3ccccc3)[C@@H](C)[C@@H](c3ccc(CO)cc3)O2)c1. The van der Waals surface area contributed by atoms with Crippen molar-refractivity contribution in [1.82, 2.24) is 4.90 Å². The summed E-state index contributed by atoms with van der Waals surface area (Å²) in [5.74, 6) is 0.0573. The first kappa shape index (κ1) is 28.5. The number of hydrogen-bond acceptors (Lipinski definition) is 6. The molecule has 3 aromatic rings. The predicted molar refractivity (Wildman–Crippen MR) is 152 cm³/mol. The Kier molecular flexibility index (Phi) is 9.90. The number of rotatable bonds is 10. The molecule has 0 spiro atoms. The van der Waals surface area contributed by atoms with Crippen LogP contribution in [-0.4, -0.2) is 42.4 Å². The minimum absolute atomic E-state index is 0.00703. The number of likely N-dealkylation sites (N-methyl/N-ethyl adjacent to an activating group) is 1. The molecule has 0 aliphatic carbocycles. The second kappa shape index (κ2) is 13.5. The summed E-state index contributed by atoms with van der Waals surface area (Å²) in [6, 6.07) is 25.9. The molecule has 5 atom stereocenters. The van der Waals surface area contributed by atoms with Gasteiger partial charge in [0, 0.05) is 29.8 Å². The first-order valence-corrected chi connectivity index (χ1v) is 13.3. The Hall–Kier alpha value is -3.49. The van der Waals surface area contributed by atoms with E-state index in [4.69, 9.17) is 14.2 Å². The maximum absolute atomic E-state index is 12.1. The van der Waals surface area contributed by atoms with Gasteiger partial charge in [-0.05, 0) is 42.8 Å². The van der Waals surface area contributed by atoms with E-state index in [9.17, 15) is 9.90 Å². The number of aliphatic hydroxyl groups excluding tert-OH is 1. The topological polar surface area (TPSA) is 80.3 Å². The van der Waals surface area contributed by atoms with E-state index in [1.54, 1.807) is 6.07 Å². The number of carbonyl (C=O) groups excluding carboxylic acids is 1. The number of nitrogens with one attached hydrogen (secondary N) is 1. The molecule has 0 aromatic heterocycles. The van der Waals surface area contributed by atoms with Crippen molar-refractivity contribution in [3.8, 4) is 0 Å². The zero-order valence-corrected chi connectivity index (χ0v) is 22.8. The van der Waals surface area contributed by atoms with Crippen LogP contribution in [0.25, 0.3) is 0 Å². The van der Waals surface area contributed by atoms with Gasteiger partial charge >= 0.3 is 6.09 Å². The van der Waals surface area contributed by atoms with Crippen LogP contribution in [0.3, 0.4) is 0 Å². The van der Waals surface area contributed by atoms with Gasteiger partial charge in [0.05, 0.1) is 18.8 Å². The van der Waals surface area contributed by atoms with E-state index in [1.807, 2.05) is 48.5 Å². The van der Waals surface area contributed by atoms with Crippen LogP contribution in [-0.2, 0) is 20.8 Å². The highest BCUT2D eigenvalue weighted by Gasteiger charge is 2.39. The van der Waals surface area contributed by atoms with Crippen molar-refractivity contribution in [2.45, 2.75) is 45.0 Å². The van der Waals surface area contributed by atoms with E-state index in [0.29, 0.717) is 12.2 Å². The Morgan fingerprint density at radius 1 is 1.08 bits per heavy atom. The average molecular weight is 531 g/mol. The predicted octanol–water partition coefficient (Wildman–Crippen LogP) is 6.40. The third-order valence-electron chi connectivity index (χ3n) is 7.27. The maximum Gasteiger partial charge on any atom is 0.411 e. The monoisotopic (exact) mass is 530 g/mol. The van der Waals surface area contributed by atoms with Crippen molar-refractivity contribution in [3.63, 3.8) is 0 Å². The van der Waals surface area contributed by atoms with Crippen molar-refractivity contribution in [1.29, 1.82) is 0 Å². The molecule has 1 aliphatic rings. The largest absolute Gasteiger partial charge is 0.445 e. The van der Waals surface area contributed by atoms with Crippen molar-refractivity contribution in [2.24, 2.45) is 5.92 Å². The lowest BCUT2D eigenvalue weighted by molar-refractivity contribution is -0.276. The fourth-order valence-electron chi connectivity index (χ4n) is 4.81. The zero-order chi connectivity index (χ0) is 27.8. The molecule has 0 radical (unpaired) electrons. The van der Waals surface area contributed by atoms with Crippen LogP contribution < -0.4 is 5.32 Å². The standard InChI is InChI=1S/C32H38N2O5/c1-5-18-37-32(36)33-28-13-9-12-27(19-28)31-38-29(20-34(4)23(3)25-10-7-6-8-11-25)22(2)30(39-31)26-16-14-24(21-35)15-17-26/h5-17,19,22-23,29-31,35H,1,18,20-21H2,2-4H3,(H,33,36)/t22-,23+,29+,30+,31+/m1/s1. The molecule has 0 unspecified atom stereocenters. The van der Waals surface area contributed by atoms with Crippen LogP contribution in [0.15, 0.2) is 91.5 Å². The molecule has 0 saturated carbocycles. The van der Waals surface area contributed by atoms with E-state index >= 15 is 0 Å². The lowest BCUT2D eigenvalue weighted by atomic mass is 9.89. The molecule has 206 valence electrons. The van der Waals surface area contributed by atoms with Gasteiger partial charge in [-0.2, -0.15) is 0 Å². The Balaban J connectivity index is 1.58. The summed E-state index contributed by atoms with van der Waals surface area (Å²) in [6.45, 7) is 8.74. The van der Waals surface area contributed by atoms with Gasteiger partial charge in [-0.25, -0.2) is 4.79 Å². The highest BCUT2D eigenvalue weighted by Crippen LogP contribution is 2.42. The molecule has 0 bridgehead atoms. The van der Waals surface area contributed by atoms with Gasteiger partial charge in [-0.3, -0.25) is 10.2 Å². The minimum Gasteiger partial charge on any atom is -0.445 e. The molecule has 7 heteroatoms. The highest BCUT2D eigenvalue weighted by molar-refractivity contribution is 5.84. The summed E-state index contributed by atoms with van der Waals surface area (Å²) in [5.41, 5.74) is 4.51. The molecular formula is C32H38N2O5. The van der Waals surface area contributed by atoms with Gasteiger partial charge in [0.2, 0.25) is 0 Å². The number of anilines is 1. The molecule has 1 fully saturated rings. The molecule has 3 aromatic carbocycles. The molecule has 4 rings (SSSR count). The van der Waals surface area contributed by atoms with Gasteiger partial charge in [0.1, 0.15) is 6.61 Å². The van der Waals surface area contributed by atoms with Crippen molar-refractivity contribution < 1.29 is 24.1 Å². The minimum atomic E-state index is -0.639. The van der Waals surface area contributed by atoms with E-state index in [2.05, 4.69) is 62.0 Å². The molecule has 7 nitrogen and oxygen atoms in total. The highest BCUT2D eigenvalue weighted by atomic mass is 16.7. The normalized spacial score (nSPS) is 21.8. The number of benzene rings is 3. The Labute approximate surface area is 231 Å². The third kappa shape index (κ3) is 7.34. The zero-order valence-electron chi connectivity index (χ0n) is 22.8. The maximum atomic E-state index is 12.1. The van der Waals surface area contributed by atoms with Crippen LogP contribution in [0.1, 0.15) is 54.5 Å². The van der Waals surface area contributed by atoms with Gasteiger partial charge < -0.3 is 19.3 Å². The van der Waals surface area contributed by atoms with E-state index in [-0.39, 0.29) is 37.4 Å². The molecule has 1 amide bonds. The Morgan fingerprint density at radius 3 is 2.51 bits per heavy atom. The fourth-order valence-corrected chi connectivity index (χ4v) is 4.81. The molecule has 1 saturated heterocycles. The summed E-state index contributed by atoms with van der Waals surface area (Å²) in [5, 5.41) is 12.2. The number of aliphatic hydroxyl groups is 1. The third-order valence-corrected chi connectivity index (χ3v) is 7.27. The second-order valence-corrected chi connectivity index (χ2v) is 9.99. The van der Waals surface area contributed by atoms with Gasteiger partial charge in [0.25, 0.3) is 0 Å². The molecular weight excluding hydrogens is 492 g/mol. The van der Waals surface area contributed by atoms with Crippen molar-refractivity contribution in [2.75, 3.05) is 25.5 Å². The second-order valence-electron chi connectivity index (χ2n) is 9.99. The Bertz CT molecular complexity index is 1220. The number of carbonyl (C=O) groups is 1. The summed E-state index contributed by atoms with van der Waals surface area (Å²) in [7, 11) is 2.11. The summed E-state index contributed by atoms with van der Waals surface area (Å²) in [6.07, 6.45) is -0.0283. The van der Waals surface area contributed by atoms with Crippen LogP contribution in [0.4, 0.5) is 10.5 Å². The summed E-state index contributed by atoms with van der Waals surface area (Å²) >= 11 is 0. The average Bonchev–Trinajstić information content (AvgIpc) is 2.97. The first-order chi connectivity index (χ1) is 18.9. The number of amides is 1. The van der Waals surface area contributed by atoms with Gasteiger partial charge in [-0.15, -0.1) is 0 Å². The molecule has 1 aliphatic heterocycles. The number of nitrogens with zero attached hydrogens (tertiary/aromatic N) is 1. The summed E-state index contributed by atoms with van der Waals surface area (Å²) in [4.78, 5) is 14.4. The van der Waals surface area contributed by atoms with Crippen LogP contribution in [0.5, 0.6) is 0 Å². The van der Waals surface area contributed by atoms with Crippen LogP contribution >= 0.6 is 0 Å². The molecule has 1 heterocycles. The fraction of sp³-hybridized carbons (Fsp3) is 0.344. The molecule has 39 heavy (non-hydrogen) atoms. The van der Waals surface area contributed by atoms with Gasteiger partial charge in [0.15, 0.2) is 6.29 Å². The van der Waals surface area contributed by atoms with Crippen LogP contribution in [0.2, 0.25) is 0 Å². The quantitative estimate of drug-likeness (QED) is 0.295. The van der Waals surface area contributed by atoms with Gasteiger partial charge in [-0.1, -0.05) is 86.3 Å². The number of ether oxygens (including phenoxy) is 3. The van der Waals surface area contributed by atoms with E-state index in [1.165, 1.54) is 11.6 Å². The lowest BCUT2D eigenvalue weighted by Crippen LogP contribution is -2.44. The number of hydrogen-bond donors (Lipinski definition) is 2. The molecule has 2 N–H and O–H groups in total. The first-order valence-electron chi connectivity index (χ1n) is 13.3. The smallest absolute Gasteiger partial charge is 0.411 e. The summed E-state index contributed by atoms with van der Waals surface area (Å²) < 4.78 is 18.2. The van der Waals surface area contributed by atoms with Crippen LogP contribution in [0, 0.1) is 5.92 Å². The van der Waals surface area contributed by atoms with E-state index < -0.39 is 12.4 Å².